The third kappa shape index (κ3) is 3.05. The normalized spacial score (nSPS) is 20.0. The molecule has 0 amide bonds. The fraction of sp³-hybridized carbons (Fsp3) is 0.400. The van der Waals surface area contributed by atoms with E-state index in [1.165, 1.54) is 0 Å². The van der Waals surface area contributed by atoms with Crippen molar-refractivity contribution in [1.29, 1.82) is 0 Å². The highest BCUT2D eigenvalue weighted by atomic mass is 16.1. The van der Waals surface area contributed by atoms with Crippen LogP contribution in [-0.2, 0) is 4.79 Å². The molecule has 122 valence electrons. The van der Waals surface area contributed by atoms with Gasteiger partial charge < -0.3 is 26.1 Å². The minimum Gasteiger partial charge on any atom is -0.383 e. The lowest BCUT2D eigenvalue weighted by atomic mass is 9.94. The van der Waals surface area contributed by atoms with Crippen LogP contribution in [0, 0.1) is 5.92 Å². The van der Waals surface area contributed by atoms with Gasteiger partial charge in [-0.2, -0.15) is 4.98 Å². The van der Waals surface area contributed by atoms with Crippen molar-refractivity contribution in [2.24, 2.45) is 5.92 Å². The number of nitrogen functional groups attached to an aromatic ring is 1. The zero-order chi connectivity index (χ0) is 16.4. The van der Waals surface area contributed by atoms with E-state index in [4.69, 9.17) is 5.73 Å². The predicted octanol–water partition coefficient (Wildman–Crippen LogP) is 0.528. The maximum absolute atomic E-state index is 12.1. The third-order valence-electron chi connectivity index (χ3n) is 4.20. The van der Waals surface area contributed by atoms with Crippen LogP contribution < -0.4 is 26.8 Å². The summed E-state index contributed by atoms with van der Waals surface area (Å²) in [6, 6.07) is 0. The molecule has 0 saturated heterocycles. The van der Waals surface area contributed by atoms with E-state index in [9.17, 15) is 9.59 Å². The Morgan fingerprint density at radius 1 is 1.57 bits per heavy atom. The first kappa shape index (κ1) is 15.1. The zero-order valence-electron chi connectivity index (χ0n) is 12.9. The standard InChI is InChI=1S/C15H20N6O2/c1-21-11(6-17-10-4-2-9(8-22)3-5-10)7-18-13-12(21)14(23)20-15(16)19-13/h4,7-9,17H,2-3,5-6H2,1H3,(H4,16,18,19,20,23). The first-order chi connectivity index (χ1) is 11.1. The van der Waals surface area contributed by atoms with E-state index in [2.05, 4.69) is 26.7 Å². The second kappa shape index (κ2) is 6.15. The maximum Gasteiger partial charge on any atom is 0.278 e. The van der Waals surface area contributed by atoms with Crippen LogP contribution >= 0.6 is 0 Å². The summed E-state index contributed by atoms with van der Waals surface area (Å²) in [7, 11) is 1.82. The Bertz CT molecular complexity index is 736. The van der Waals surface area contributed by atoms with Gasteiger partial charge in [0.1, 0.15) is 6.29 Å². The van der Waals surface area contributed by atoms with Crippen molar-refractivity contribution in [2.75, 3.05) is 29.5 Å². The molecule has 1 unspecified atom stereocenters. The van der Waals surface area contributed by atoms with Gasteiger partial charge in [0.15, 0.2) is 11.5 Å². The van der Waals surface area contributed by atoms with Crippen molar-refractivity contribution in [1.82, 2.24) is 15.3 Å². The number of nitrogens with one attached hydrogen (secondary N) is 3. The number of likely N-dealkylation sites (N-methyl/N-ethyl adjacent to an activating group) is 1. The molecule has 8 heteroatoms. The molecule has 0 fully saturated rings. The van der Waals surface area contributed by atoms with Crippen LogP contribution in [0.15, 0.2) is 28.5 Å². The van der Waals surface area contributed by atoms with Crippen molar-refractivity contribution in [2.45, 2.75) is 19.3 Å². The van der Waals surface area contributed by atoms with E-state index in [0.29, 0.717) is 18.1 Å². The van der Waals surface area contributed by atoms with Crippen molar-refractivity contribution in [3.8, 4) is 0 Å². The van der Waals surface area contributed by atoms with E-state index < -0.39 is 0 Å². The number of hydrogen-bond acceptors (Lipinski definition) is 7. The number of carbonyl (C=O) groups excluding carboxylic acids is 1. The van der Waals surface area contributed by atoms with Crippen LogP contribution in [0.1, 0.15) is 19.3 Å². The largest absolute Gasteiger partial charge is 0.383 e. The summed E-state index contributed by atoms with van der Waals surface area (Å²) in [4.78, 5) is 31.2. The summed E-state index contributed by atoms with van der Waals surface area (Å²) >= 11 is 0. The number of nitrogens with zero attached hydrogens (tertiary/aromatic N) is 2. The van der Waals surface area contributed by atoms with Crippen molar-refractivity contribution >= 4 is 23.7 Å². The van der Waals surface area contributed by atoms with Crippen LogP contribution in [-0.4, -0.2) is 29.8 Å². The lowest BCUT2D eigenvalue weighted by molar-refractivity contribution is -0.111. The van der Waals surface area contributed by atoms with E-state index >= 15 is 0 Å². The molecule has 0 saturated carbocycles. The average molecular weight is 316 g/mol. The predicted molar refractivity (Wildman–Crippen MR) is 88.9 cm³/mol. The Balaban J connectivity index is 1.69. The van der Waals surface area contributed by atoms with Crippen LogP contribution in [0.5, 0.6) is 0 Å². The summed E-state index contributed by atoms with van der Waals surface area (Å²) in [6.07, 6.45) is 7.42. The first-order valence-corrected chi connectivity index (χ1v) is 7.55. The maximum atomic E-state index is 12.1. The number of fused-ring (bicyclic) bond motifs is 1. The van der Waals surface area contributed by atoms with Gasteiger partial charge in [0, 0.05) is 24.9 Å². The van der Waals surface area contributed by atoms with E-state index in [1.54, 1.807) is 11.1 Å². The number of rotatable bonds is 4. The van der Waals surface area contributed by atoms with Gasteiger partial charge in [0.25, 0.3) is 5.56 Å². The van der Waals surface area contributed by atoms with Gasteiger partial charge in [-0.1, -0.05) is 6.08 Å². The Morgan fingerprint density at radius 3 is 3.09 bits per heavy atom. The summed E-state index contributed by atoms with van der Waals surface area (Å²) < 4.78 is 0. The highest BCUT2D eigenvalue weighted by molar-refractivity contribution is 5.72. The first-order valence-electron chi connectivity index (χ1n) is 7.55. The lowest BCUT2D eigenvalue weighted by Crippen LogP contribution is -2.35. The lowest BCUT2D eigenvalue weighted by Gasteiger charge is -2.29. The quantitative estimate of drug-likeness (QED) is 0.599. The molecule has 0 bridgehead atoms. The minimum atomic E-state index is -0.279. The second-order valence-corrected chi connectivity index (χ2v) is 5.74. The third-order valence-corrected chi connectivity index (χ3v) is 4.20. The Hall–Kier alpha value is -2.77. The SMILES string of the molecule is CN1C(CNC2=CCC(C=O)CC2)=CNc2nc(N)[nH]c(=O)c21. The van der Waals surface area contributed by atoms with Gasteiger partial charge in [-0.15, -0.1) is 0 Å². The molecular formula is C15H20N6O2. The van der Waals surface area contributed by atoms with Crippen LogP contribution in [0.4, 0.5) is 17.5 Å². The Morgan fingerprint density at radius 2 is 2.39 bits per heavy atom. The highest BCUT2D eigenvalue weighted by Gasteiger charge is 2.22. The van der Waals surface area contributed by atoms with Crippen LogP contribution in [0.3, 0.4) is 0 Å². The number of aromatic amines is 1. The number of H-pyrrole nitrogens is 1. The molecule has 3 rings (SSSR count). The molecule has 0 aromatic carbocycles. The van der Waals surface area contributed by atoms with Crippen molar-refractivity contribution in [3.05, 3.63) is 34.0 Å². The van der Waals surface area contributed by atoms with E-state index in [-0.39, 0.29) is 17.4 Å². The van der Waals surface area contributed by atoms with Crippen LogP contribution in [0.25, 0.3) is 0 Å². The molecule has 5 N–H and O–H groups in total. The van der Waals surface area contributed by atoms with Gasteiger partial charge in [-0.05, 0) is 19.3 Å². The average Bonchev–Trinajstić information content (AvgIpc) is 2.54. The number of allylic oxidation sites excluding steroid dienone is 2. The van der Waals surface area contributed by atoms with Gasteiger partial charge in [-0.25, -0.2) is 0 Å². The summed E-state index contributed by atoms with van der Waals surface area (Å²) in [5.41, 5.74) is 7.76. The van der Waals surface area contributed by atoms with Gasteiger partial charge in [-0.3, -0.25) is 9.78 Å². The summed E-state index contributed by atoms with van der Waals surface area (Å²) in [5, 5.41) is 6.37. The molecule has 2 aliphatic rings. The minimum absolute atomic E-state index is 0.0849. The Kier molecular flexibility index (Phi) is 4.05. The molecule has 23 heavy (non-hydrogen) atoms. The number of anilines is 3. The number of aromatic nitrogens is 2. The van der Waals surface area contributed by atoms with E-state index in [0.717, 1.165) is 36.9 Å². The molecule has 0 spiro atoms. The smallest absolute Gasteiger partial charge is 0.278 e. The highest BCUT2D eigenvalue weighted by Crippen LogP contribution is 2.26. The monoisotopic (exact) mass is 316 g/mol. The molecule has 2 heterocycles. The van der Waals surface area contributed by atoms with Gasteiger partial charge in [0.05, 0.1) is 12.2 Å². The molecule has 0 radical (unpaired) electrons. The Labute approximate surface area is 133 Å². The molecule has 1 aromatic rings. The number of carbonyl (C=O) groups is 1. The van der Waals surface area contributed by atoms with Crippen LogP contribution in [0.2, 0.25) is 0 Å². The van der Waals surface area contributed by atoms with E-state index in [1.807, 2.05) is 7.05 Å². The zero-order valence-corrected chi connectivity index (χ0v) is 12.9. The molecule has 1 atom stereocenters. The van der Waals surface area contributed by atoms with Crippen molar-refractivity contribution in [3.63, 3.8) is 0 Å². The fourth-order valence-electron chi connectivity index (χ4n) is 2.80. The van der Waals surface area contributed by atoms with Crippen molar-refractivity contribution < 1.29 is 4.79 Å². The molecular weight excluding hydrogens is 296 g/mol. The summed E-state index contributed by atoms with van der Waals surface area (Å²) in [6.45, 7) is 0.574. The second-order valence-electron chi connectivity index (χ2n) is 5.74. The fourth-order valence-corrected chi connectivity index (χ4v) is 2.80. The molecule has 1 aliphatic heterocycles. The number of nitrogens with two attached hydrogens (primary N) is 1. The molecule has 8 nitrogen and oxygen atoms in total. The van der Waals surface area contributed by atoms with Gasteiger partial charge >= 0.3 is 0 Å². The number of aldehydes is 1. The van der Waals surface area contributed by atoms with Gasteiger partial charge in [0.2, 0.25) is 5.95 Å². The number of hydrogen-bond donors (Lipinski definition) is 4. The topological polar surface area (TPSA) is 116 Å². The molecule has 1 aromatic heterocycles. The summed E-state index contributed by atoms with van der Waals surface area (Å²) in [5.74, 6) is 0.672. The molecule has 1 aliphatic carbocycles.